The minimum Gasteiger partial charge on any atom is -0.497 e. The van der Waals surface area contributed by atoms with E-state index < -0.39 is 0 Å². The molecule has 1 N–H and O–H groups in total. The number of nitrogens with zero attached hydrogens (tertiary/aromatic N) is 3. The highest BCUT2D eigenvalue weighted by Crippen LogP contribution is 2.21. The maximum absolute atomic E-state index is 5.20. The smallest absolute Gasteiger partial charge is 0.165 e. The number of nitrogens with one attached hydrogen (secondary N) is 1. The van der Waals surface area contributed by atoms with E-state index in [0.717, 1.165) is 23.0 Å². The number of aryl methyl sites for hydroxylation is 1. The quantitative estimate of drug-likeness (QED) is 0.861. The molecule has 1 heterocycles. The Morgan fingerprint density at radius 1 is 1.41 bits per heavy atom. The first-order valence-corrected chi connectivity index (χ1v) is 5.43. The van der Waals surface area contributed by atoms with Gasteiger partial charge >= 0.3 is 0 Å². The second-order valence-corrected chi connectivity index (χ2v) is 3.74. The molecule has 0 amide bonds. The van der Waals surface area contributed by atoms with E-state index in [1.54, 1.807) is 11.8 Å². The summed E-state index contributed by atoms with van der Waals surface area (Å²) in [5, 5.41) is 7.37. The van der Waals surface area contributed by atoms with Crippen LogP contribution in [0.3, 0.4) is 0 Å². The van der Waals surface area contributed by atoms with Crippen LogP contribution in [0.5, 0.6) is 5.75 Å². The summed E-state index contributed by atoms with van der Waals surface area (Å²) in [6.07, 6.45) is 0. The molecule has 0 fully saturated rings. The second kappa shape index (κ2) is 4.97. The first-order valence-electron chi connectivity index (χ1n) is 5.43. The Hall–Kier alpha value is -1.88. The van der Waals surface area contributed by atoms with Crippen LogP contribution in [0.25, 0.3) is 11.4 Å². The van der Waals surface area contributed by atoms with Crippen molar-refractivity contribution in [2.24, 2.45) is 7.05 Å². The molecule has 0 saturated heterocycles. The lowest BCUT2D eigenvalue weighted by molar-refractivity contribution is 0.415. The minimum absolute atomic E-state index is 0.664. The van der Waals surface area contributed by atoms with Gasteiger partial charge in [-0.05, 0) is 19.2 Å². The van der Waals surface area contributed by atoms with E-state index >= 15 is 0 Å². The maximum atomic E-state index is 5.20. The van der Waals surface area contributed by atoms with Crippen molar-refractivity contribution in [3.63, 3.8) is 0 Å². The van der Waals surface area contributed by atoms with Gasteiger partial charge in [-0.25, -0.2) is 9.67 Å². The van der Waals surface area contributed by atoms with Gasteiger partial charge in [-0.3, -0.25) is 0 Å². The van der Waals surface area contributed by atoms with Crippen molar-refractivity contribution in [1.29, 1.82) is 0 Å². The van der Waals surface area contributed by atoms with Crippen molar-refractivity contribution >= 4 is 0 Å². The van der Waals surface area contributed by atoms with Gasteiger partial charge in [0.25, 0.3) is 0 Å². The monoisotopic (exact) mass is 232 g/mol. The number of methoxy groups -OCH3 is 1. The molecule has 0 saturated carbocycles. The van der Waals surface area contributed by atoms with Gasteiger partial charge in [-0.15, -0.1) is 0 Å². The van der Waals surface area contributed by atoms with E-state index in [0.29, 0.717) is 6.54 Å². The number of hydrogen-bond acceptors (Lipinski definition) is 4. The fraction of sp³-hybridized carbons (Fsp3) is 0.333. The molecule has 0 aliphatic carbocycles. The van der Waals surface area contributed by atoms with Crippen molar-refractivity contribution in [1.82, 2.24) is 20.1 Å². The summed E-state index contributed by atoms with van der Waals surface area (Å²) in [5.74, 6) is 2.45. The number of rotatable bonds is 4. The lowest BCUT2D eigenvalue weighted by Gasteiger charge is -2.03. The Balaban J connectivity index is 2.37. The topological polar surface area (TPSA) is 52.0 Å². The van der Waals surface area contributed by atoms with Crippen LogP contribution in [0.1, 0.15) is 5.82 Å². The molecule has 17 heavy (non-hydrogen) atoms. The fourth-order valence-electron chi connectivity index (χ4n) is 1.68. The van der Waals surface area contributed by atoms with Gasteiger partial charge in [0.15, 0.2) is 11.6 Å². The summed E-state index contributed by atoms with van der Waals surface area (Å²) >= 11 is 0. The summed E-state index contributed by atoms with van der Waals surface area (Å²) in [4.78, 5) is 4.48. The highest BCUT2D eigenvalue weighted by molar-refractivity contribution is 5.57. The fourth-order valence-corrected chi connectivity index (χ4v) is 1.68. The number of hydrogen-bond donors (Lipinski definition) is 1. The van der Waals surface area contributed by atoms with E-state index in [1.807, 2.05) is 38.4 Å². The Bertz CT molecular complexity index is 507. The summed E-state index contributed by atoms with van der Waals surface area (Å²) in [6.45, 7) is 0.664. The van der Waals surface area contributed by atoms with E-state index in [2.05, 4.69) is 15.4 Å². The van der Waals surface area contributed by atoms with E-state index in [4.69, 9.17) is 4.74 Å². The number of benzene rings is 1. The highest BCUT2D eigenvalue weighted by atomic mass is 16.5. The van der Waals surface area contributed by atoms with Crippen molar-refractivity contribution in [3.8, 4) is 17.1 Å². The first kappa shape index (κ1) is 11.6. The van der Waals surface area contributed by atoms with Gasteiger partial charge in [-0.2, -0.15) is 5.10 Å². The van der Waals surface area contributed by atoms with Crippen molar-refractivity contribution in [2.75, 3.05) is 14.2 Å². The zero-order valence-electron chi connectivity index (χ0n) is 10.3. The van der Waals surface area contributed by atoms with Crippen molar-refractivity contribution < 1.29 is 4.74 Å². The zero-order valence-corrected chi connectivity index (χ0v) is 10.3. The summed E-state index contributed by atoms with van der Waals surface area (Å²) in [5.41, 5.74) is 1.00. The molecule has 5 nitrogen and oxygen atoms in total. The lowest BCUT2D eigenvalue weighted by atomic mass is 10.2. The number of aromatic nitrogens is 3. The molecule has 0 aliphatic heterocycles. The SMILES string of the molecule is CNCc1nc(-c2cccc(OC)c2)n(C)n1. The molecule has 1 aromatic heterocycles. The van der Waals surface area contributed by atoms with Crippen molar-refractivity contribution in [2.45, 2.75) is 6.54 Å². The maximum Gasteiger partial charge on any atom is 0.165 e. The van der Waals surface area contributed by atoms with Gasteiger partial charge < -0.3 is 10.1 Å². The van der Waals surface area contributed by atoms with Gasteiger partial charge in [0.1, 0.15) is 5.75 Å². The molecular weight excluding hydrogens is 216 g/mol. The van der Waals surface area contributed by atoms with Gasteiger partial charge in [-0.1, -0.05) is 12.1 Å². The average Bonchev–Trinajstić information content (AvgIpc) is 2.71. The predicted molar refractivity (Wildman–Crippen MR) is 65.8 cm³/mol. The lowest BCUT2D eigenvalue weighted by Crippen LogP contribution is -2.06. The summed E-state index contributed by atoms with van der Waals surface area (Å²) < 4.78 is 6.98. The van der Waals surface area contributed by atoms with Crippen LogP contribution >= 0.6 is 0 Å². The van der Waals surface area contributed by atoms with Crippen LogP contribution in [-0.4, -0.2) is 28.9 Å². The normalized spacial score (nSPS) is 10.5. The largest absolute Gasteiger partial charge is 0.497 e. The van der Waals surface area contributed by atoms with E-state index in [1.165, 1.54) is 0 Å². The average molecular weight is 232 g/mol. The molecule has 1 aromatic carbocycles. The van der Waals surface area contributed by atoms with Crippen molar-refractivity contribution in [3.05, 3.63) is 30.1 Å². The predicted octanol–water partition coefficient (Wildman–Crippen LogP) is 1.21. The number of ether oxygens (including phenoxy) is 1. The molecule has 0 unspecified atom stereocenters. The molecular formula is C12H16N4O. The second-order valence-electron chi connectivity index (χ2n) is 3.74. The third kappa shape index (κ3) is 2.45. The molecule has 0 spiro atoms. The molecule has 0 aliphatic rings. The Morgan fingerprint density at radius 3 is 2.94 bits per heavy atom. The third-order valence-corrected chi connectivity index (χ3v) is 2.47. The molecule has 0 radical (unpaired) electrons. The standard InChI is InChI=1S/C12H16N4O/c1-13-8-11-14-12(16(2)15-11)9-5-4-6-10(7-9)17-3/h4-7,13H,8H2,1-3H3. The van der Waals surface area contributed by atoms with Gasteiger partial charge in [0, 0.05) is 12.6 Å². The molecule has 0 bridgehead atoms. The molecule has 90 valence electrons. The van der Waals surface area contributed by atoms with Crippen LogP contribution in [0, 0.1) is 0 Å². The first-order chi connectivity index (χ1) is 8.24. The summed E-state index contributed by atoms with van der Waals surface area (Å²) in [7, 11) is 5.42. The Morgan fingerprint density at radius 2 is 2.24 bits per heavy atom. The minimum atomic E-state index is 0.664. The van der Waals surface area contributed by atoms with Crippen LogP contribution in [-0.2, 0) is 13.6 Å². The van der Waals surface area contributed by atoms with E-state index in [-0.39, 0.29) is 0 Å². The Labute approximate surface area is 100 Å². The molecule has 0 atom stereocenters. The van der Waals surface area contributed by atoms with Crippen LogP contribution < -0.4 is 10.1 Å². The third-order valence-electron chi connectivity index (χ3n) is 2.47. The Kier molecular flexibility index (Phi) is 3.39. The van der Waals surface area contributed by atoms with Crippen LogP contribution in [0.4, 0.5) is 0 Å². The van der Waals surface area contributed by atoms with Crippen LogP contribution in [0.15, 0.2) is 24.3 Å². The molecule has 5 heteroatoms. The van der Waals surface area contributed by atoms with Gasteiger partial charge in [0.05, 0.1) is 13.7 Å². The van der Waals surface area contributed by atoms with Crippen LogP contribution in [0.2, 0.25) is 0 Å². The molecule has 2 rings (SSSR count). The van der Waals surface area contributed by atoms with Gasteiger partial charge in [0.2, 0.25) is 0 Å². The summed E-state index contributed by atoms with van der Waals surface area (Å²) in [6, 6.07) is 7.80. The van der Waals surface area contributed by atoms with E-state index in [9.17, 15) is 0 Å². The molecule has 2 aromatic rings. The zero-order chi connectivity index (χ0) is 12.3. The highest BCUT2D eigenvalue weighted by Gasteiger charge is 2.09.